The first kappa shape index (κ1) is 20.9. The monoisotopic (exact) mass is 435 g/mol. The van der Waals surface area contributed by atoms with Crippen molar-refractivity contribution in [3.05, 3.63) is 71.9 Å². The summed E-state index contributed by atoms with van der Waals surface area (Å²) in [5.74, 6) is -0.151. The minimum Gasteiger partial charge on any atom is -0.350 e. The first-order valence-electron chi connectivity index (χ1n) is 10.3. The largest absolute Gasteiger partial charge is 0.350 e. The van der Waals surface area contributed by atoms with Crippen LogP contribution in [0.1, 0.15) is 35.8 Å². The number of aromatic amines is 1. The van der Waals surface area contributed by atoms with Gasteiger partial charge in [-0.05, 0) is 60.0 Å². The van der Waals surface area contributed by atoms with Gasteiger partial charge in [-0.15, -0.1) is 0 Å². The average molecular weight is 436 g/mol. The Kier molecular flexibility index (Phi) is 5.69. The molecule has 160 valence electrons. The fraction of sp³-hybridized carbons (Fsp3) is 0.208. The van der Waals surface area contributed by atoms with E-state index in [4.69, 9.17) is 0 Å². The number of unbranched alkanes of at least 4 members (excludes halogenated alkanes) is 1. The van der Waals surface area contributed by atoms with Crippen LogP contribution < -0.4 is 10.0 Å². The Bertz CT molecular complexity index is 1370. The van der Waals surface area contributed by atoms with E-state index in [9.17, 15) is 13.2 Å². The summed E-state index contributed by atoms with van der Waals surface area (Å²) in [4.78, 5) is 16.1. The van der Waals surface area contributed by atoms with Gasteiger partial charge in [0.1, 0.15) is 5.69 Å². The predicted molar refractivity (Wildman–Crippen MR) is 127 cm³/mol. The van der Waals surface area contributed by atoms with Crippen LogP contribution in [0.4, 0.5) is 11.4 Å². The highest BCUT2D eigenvalue weighted by atomic mass is 32.2. The number of aryl methyl sites for hydroxylation is 1. The van der Waals surface area contributed by atoms with Crippen LogP contribution in [0, 0.1) is 6.92 Å². The molecule has 0 bridgehead atoms. The summed E-state index contributed by atoms with van der Waals surface area (Å²) < 4.78 is 27.0. The molecule has 0 aliphatic carbocycles. The van der Waals surface area contributed by atoms with E-state index < -0.39 is 10.0 Å². The number of carbonyl (C=O) groups excluding carboxylic acids is 1. The van der Waals surface area contributed by atoms with Crippen molar-refractivity contribution in [1.82, 2.24) is 4.98 Å². The maximum Gasteiger partial charge on any atom is 0.272 e. The zero-order valence-electron chi connectivity index (χ0n) is 17.5. The van der Waals surface area contributed by atoms with Crippen LogP contribution in [0.5, 0.6) is 0 Å². The second-order valence-electron chi connectivity index (χ2n) is 7.68. The van der Waals surface area contributed by atoms with E-state index in [-0.39, 0.29) is 11.7 Å². The number of amides is 1. The van der Waals surface area contributed by atoms with Crippen LogP contribution >= 0.6 is 0 Å². The van der Waals surface area contributed by atoms with Crippen LogP contribution in [0.2, 0.25) is 0 Å². The molecule has 0 saturated carbocycles. The number of anilines is 2. The highest BCUT2D eigenvalue weighted by Gasteiger charge is 2.17. The van der Waals surface area contributed by atoms with Crippen LogP contribution in [0.3, 0.4) is 0 Å². The van der Waals surface area contributed by atoms with E-state index in [2.05, 4.69) is 15.0 Å². The van der Waals surface area contributed by atoms with Crippen molar-refractivity contribution in [2.75, 3.05) is 15.8 Å². The lowest BCUT2D eigenvalue weighted by atomic mass is 10.1. The molecule has 4 rings (SSSR count). The van der Waals surface area contributed by atoms with E-state index in [0.29, 0.717) is 23.5 Å². The van der Waals surface area contributed by atoms with E-state index >= 15 is 0 Å². The molecule has 0 unspecified atom stereocenters. The molecule has 0 saturated heterocycles. The third-order valence-electron chi connectivity index (χ3n) is 5.33. The van der Waals surface area contributed by atoms with Crippen molar-refractivity contribution < 1.29 is 13.2 Å². The van der Waals surface area contributed by atoms with Crippen molar-refractivity contribution in [2.24, 2.45) is 0 Å². The molecule has 1 aromatic heterocycles. The van der Waals surface area contributed by atoms with E-state index in [0.717, 1.165) is 33.7 Å². The zero-order valence-corrected chi connectivity index (χ0v) is 18.3. The maximum atomic E-state index is 12.9. The van der Waals surface area contributed by atoms with Gasteiger partial charge in [0.25, 0.3) is 5.91 Å². The van der Waals surface area contributed by atoms with Crippen molar-refractivity contribution in [2.45, 2.75) is 26.7 Å². The predicted octanol–water partition coefficient (Wildman–Crippen LogP) is 5.42. The topological polar surface area (TPSA) is 91.1 Å². The lowest BCUT2D eigenvalue weighted by Crippen LogP contribution is -2.16. The summed E-state index contributed by atoms with van der Waals surface area (Å²) in [6.07, 6.45) is 1.42. The normalized spacial score (nSPS) is 11.7. The lowest BCUT2D eigenvalue weighted by molar-refractivity contribution is 0.102. The molecule has 0 aliphatic rings. The SMILES string of the molecule is CCCCS(=O)(=O)Nc1ccc2[nH]c(C(=O)Nc3ccc4ccccc4c3)c(C)c2c1. The van der Waals surface area contributed by atoms with Gasteiger partial charge in [-0.3, -0.25) is 9.52 Å². The van der Waals surface area contributed by atoms with Crippen molar-refractivity contribution in [3.8, 4) is 0 Å². The molecule has 6 nitrogen and oxygen atoms in total. The zero-order chi connectivity index (χ0) is 22.0. The number of hydrogen-bond acceptors (Lipinski definition) is 3. The number of hydrogen-bond donors (Lipinski definition) is 3. The van der Waals surface area contributed by atoms with Gasteiger partial charge in [0, 0.05) is 22.3 Å². The molecule has 0 fully saturated rings. The Hall–Kier alpha value is -3.32. The number of rotatable bonds is 7. The second-order valence-corrected chi connectivity index (χ2v) is 9.52. The Morgan fingerprint density at radius 3 is 2.48 bits per heavy atom. The van der Waals surface area contributed by atoms with Gasteiger partial charge < -0.3 is 10.3 Å². The third-order valence-corrected chi connectivity index (χ3v) is 6.71. The Balaban J connectivity index is 1.58. The van der Waals surface area contributed by atoms with Crippen LogP contribution in [-0.2, 0) is 10.0 Å². The maximum absolute atomic E-state index is 12.9. The molecule has 4 aromatic rings. The number of nitrogens with one attached hydrogen (secondary N) is 3. The van der Waals surface area contributed by atoms with Crippen molar-refractivity contribution in [3.63, 3.8) is 0 Å². The molecule has 3 N–H and O–H groups in total. The van der Waals surface area contributed by atoms with Crippen molar-refractivity contribution in [1.29, 1.82) is 0 Å². The summed E-state index contributed by atoms with van der Waals surface area (Å²) >= 11 is 0. The molecule has 3 aromatic carbocycles. The first-order valence-corrected chi connectivity index (χ1v) is 11.9. The second kappa shape index (κ2) is 8.43. The quantitative estimate of drug-likeness (QED) is 0.362. The molecule has 0 aliphatic heterocycles. The summed E-state index contributed by atoms with van der Waals surface area (Å²) in [5.41, 5.74) is 3.20. The van der Waals surface area contributed by atoms with E-state index in [1.807, 2.05) is 56.3 Å². The molecule has 1 heterocycles. The number of aromatic nitrogens is 1. The van der Waals surface area contributed by atoms with Gasteiger partial charge in [0.05, 0.1) is 5.75 Å². The summed E-state index contributed by atoms with van der Waals surface area (Å²) in [7, 11) is -3.39. The minimum absolute atomic E-state index is 0.0903. The smallest absolute Gasteiger partial charge is 0.272 e. The fourth-order valence-corrected chi connectivity index (χ4v) is 4.90. The molecule has 1 amide bonds. The minimum atomic E-state index is -3.39. The number of sulfonamides is 1. The molecular weight excluding hydrogens is 410 g/mol. The van der Waals surface area contributed by atoms with Gasteiger partial charge >= 0.3 is 0 Å². The number of benzene rings is 3. The number of H-pyrrole nitrogens is 1. The lowest BCUT2D eigenvalue weighted by Gasteiger charge is -2.08. The van der Waals surface area contributed by atoms with Crippen LogP contribution in [-0.4, -0.2) is 25.1 Å². The van der Waals surface area contributed by atoms with Gasteiger partial charge in [0.2, 0.25) is 10.0 Å². The van der Waals surface area contributed by atoms with Crippen molar-refractivity contribution >= 4 is 49.0 Å². The summed E-state index contributed by atoms with van der Waals surface area (Å²) in [6, 6.07) is 19.0. The molecular formula is C24H25N3O3S. The molecule has 0 spiro atoms. The number of carbonyl (C=O) groups is 1. The van der Waals surface area contributed by atoms with Crippen LogP contribution in [0.25, 0.3) is 21.7 Å². The third kappa shape index (κ3) is 4.56. The highest BCUT2D eigenvalue weighted by molar-refractivity contribution is 7.92. The Labute approximate surface area is 181 Å². The highest BCUT2D eigenvalue weighted by Crippen LogP contribution is 2.27. The Morgan fingerprint density at radius 1 is 0.968 bits per heavy atom. The van der Waals surface area contributed by atoms with Gasteiger partial charge in [-0.2, -0.15) is 0 Å². The standard InChI is InChI=1S/C24H25N3O3S/c1-3-4-13-31(29,30)27-20-11-12-22-21(15-20)16(2)23(26-22)24(28)25-19-10-9-17-7-5-6-8-18(17)14-19/h5-12,14-15,26-27H,3-4,13H2,1-2H3,(H,25,28). The molecule has 0 radical (unpaired) electrons. The molecule has 31 heavy (non-hydrogen) atoms. The van der Waals surface area contributed by atoms with Crippen LogP contribution in [0.15, 0.2) is 60.7 Å². The number of fused-ring (bicyclic) bond motifs is 2. The van der Waals surface area contributed by atoms with Gasteiger partial charge in [0.15, 0.2) is 0 Å². The van der Waals surface area contributed by atoms with E-state index in [1.165, 1.54) is 0 Å². The fourth-order valence-electron chi connectivity index (χ4n) is 3.64. The van der Waals surface area contributed by atoms with Gasteiger partial charge in [-0.25, -0.2) is 8.42 Å². The molecule has 7 heteroatoms. The molecule has 0 atom stereocenters. The van der Waals surface area contributed by atoms with E-state index in [1.54, 1.807) is 18.2 Å². The Morgan fingerprint density at radius 2 is 1.71 bits per heavy atom. The summed E-state index contributed by atoms with van der Waals surface area (Å²) in [6.45, 7) is 3.80. The summed E-state index contributed by atoms with van der Waals surface area (Å²) in [5, 5.41) is 5.91. The van der Waals surface area contributed by atoms with Gasteiger partial charge in [-0.1, -0.05) is 43.7 Å². The first-order chi connectivity index (χ1) is 14.9. The average Bonchev–Trinajstić information content (AvgIpc) is 3.08.